The second kappa shape index (κ2) is 4.97. The van der Waals surface area contributed by atoms with Crippen LogP contribution in [0.2, 0.25) is 0 Å². The van der Waals surface area contributed by atoms with Crippen molar-refractivity contribution in [2.24, 2.45) is 11.1 Å². The van der Waals surface area contributed by atoms with Gasteiger partial charge in [0.2, 0.25) is 5.95 Å². The molecule has 0 saturated carbocycles. The fraction of sp³-hybridized carbons (Fsp3) is 0.733. The highest BCUT2D eigenvalue weighted by molar-refractivity contribution is 5.36. The molecule has 0 spiro atoms. The molecule has 1 saturated heterocycles. The van der Waals surface area contributed by atoms with Crippen LogP contribution in [0.15, 0.2) is 6.20 Å². The lowest BCUT2D eigenvalue weighted by Crippen LogP contribution is -2.38. The molecule has 0 bridgehead atoms. The SMILES string of the molecule is CC1(C)Cc2nc(N3CCC(O)CC3)ncc2[C@H](N)C1. The zero-order valence-electron chi connectivity index (χ0n) is 12.3. The van der Waals surface area contributed by atoms with E-state index in [1.54, 1.807) is 0 Å². The van der Waals surface area contributed by atoms with Crippen molar-refractivity contribution >= 4 is 5.95 Å². The van der Waals surface area contributed by atoms with E-state index in [1.165, 1.54) is 0 Å². The summed E-state index contributed by atoms with van der Waals surface area (Å²) in [5.41, 5.74) is 8.65. The Hall–Kier alpha value is -1.20. The molecule has 2 heterocycles. The number of hydrogen-bond donors (Lipinski definition) is 2. The summed E-state index contributed by atoms with van der Waals surface area (Å²) in [5.74, 6) is 0.792. The first-order valence-corrected chi connectivity index (χ1v) is 7.49. The largest absolute Gasteiger partial charge is 0.393 e. The number of aromatic nitrogens is 2. The van der Waals surface area contributed by atoms with Gasteiger partial charge in [0.1, 0.15) is 0 Å². The van der Waals surface area contributed by atoms with Gasteiger partial charge in [0.15, 0.2) is 0 Å². The maximum Gasteiger partial charge on any atom is 0.225 e. The van der Waals surface area contributed by atoms with Gasteiger partial charge < -0.3 is 15.7 Å². The molecule has 110 valence electrons. The number of rotatable bonds is 1. The van der Waals surface area contributed by atoms with Crippen molar-refractivity contribution in [1.29, 1.82) is 0 Å². The van der Waals surface area contributed by atoms with Crippen molar-refractivity contribution in [1.82, 2.24) is 9.97 Å². The molecule has 0 amide bonds. The average Bonchev–Trinajstić information content (AvgIpc) is 2.37. The predicted molar refractivity (Wildman–Crippen MR) is 78.5 cm³/mol. The Morgan fingerprint density at radius 1 is 1.35 bits per heavy atom. The van der Waals surface area contributed by atoms with Gasteiger partial charge in [0.05, 0.1) is 11.8 Å². The lowest BCUT2D eigenvalue weighted by molar-refractivity contribution is 0.145. The maximum absolute atomic E-state index is 9.59. The van der Waals surface area contributed by atoms with Crippen molar-refractivity contribution in [3.63, 3.8) is 0 Å². The van der Waals surface area contributed by atoms with Crippen LogP contribution in [0.1, 0.15) is 50.4 Å². The number of piperidine rings is 1. The van der Waals surface area contributed by atoms with E-state index in [9.17, 15) is 5.11 Å². The van der Waals surface area contributed by atoms with Crippen LogP contribution in [0.3, 0.4) is 0 Å². The molecule has 1 aromatic rings. The molecule has 1 atom stereocenters. The van der Waals surface area contributed by atoms with Gasteiger partial charge in [-0.05, 0) is 31.1 Å². The smallest absolute Gasteiger partial charge is 0.225 e. The number of aliphatic hydroxyl groups is 1. The molecule has 3 rings (SSSR count). The number of aliphatic hydroxyl groups excluding tert-OH is 1. The van der Waals surface area contributed by atoms with E-state index < -0.39 is 0 Å². The molecule has 1 aliphatic heterocycles. The molecule has 20 heavy (non-hydrogen) atoms. The zero-order valence-corrected chi connectivity index (χ0v) is 12.3. The Morgan fingerprint density at radius 3 is 2.75 bits per heavy atom. The topological polar surface area (TPSA) is 75.3 Å². The molecule has 1 aromatic heterocycles. The Bertz CT molecular complexity index is 495. The molecule has 1 fully saturated rings. The van der Waals surface area contributed by atoms with E-state index in [4.69, 9.17) is 10.7 Å². The molecule has 0 aromatic carbocycles. The summed E-state index contributed by atoms with van der Waals surface area (Å²) in [7, 11) is 0. The molecule has 5 nitrogen and oxygen atoms in total. The fourth-order valence-corrected chi connectivity index (χ4v) is 3.32. The second-order valence-corrected chi connectivity index (χ2v) is 6.94. The Morgan fingerprint density at radius 2 is 2.05 bits per heavy atom. The highest BCUT2D eigenvalue weighted by Gasteiger charge is 2.32. The number of nitrogens with two attached hydrogens (primary N) is 1. The fourth-order valence-electron chi connectivity index (χ4n) is 3.32. The summed E-state index contributed by atoms with van der Waals surface area (Å²) < 4.78 is 0. The lowest BCUT2D eigenvalue weighted by atomic mass is 9.74. The molecule has 1 aliphatic carbocycles. The monoisotopic (exact) mass is 276 g/mol. The molecule has 0 unspecified atom stereocenters. The second-order valence-electron chi connectivity index (χ2n) is 6.94. The van der Waals surface area contributed by atoms with Crippen LogP contribution in [0, 0.1) is 5.41 Å². The van der Waals surface area contributed by atoms with Gasteiger partial charge in [-0.25, -0.2) is 9.97 Å². The van der Waals surface area contributed by atoms with Crippen molar-refractivity contribution in [3.8, 4) is 0 Å². The molecule has 3 N–H and O–H groups in total. The van der Waals surface area contributed by atoms with Crippen molar-refractivity contribution in [3.05, 3.63) is 17.5 Å². The molecule has 2 aliphatic rings. The Balaban J connectivity index is 1.85. The third-order valence-corrected chi connectivity index (χ3v) is 4.45. The highest BCUT2D eigenvalue weighted by Crippen LogP contribution is 2.38. The molecular formula is C15H24N4O. The standard InChI is InChI=1S/C15H24N4O/c1-15(2)7-12(16)11-9-17-14(18-13(11)8-15)19-5-3-10(20)4-6-19/h9-10,12,20H,3-8,16H2,1-2H3/t12-/m1/s1. The molecular weight excluding hydrogens is 252 g/mol. The summed E-state index contributed by atoms with van der Waals surface area (Å²) in [5, 5.41) is 9.59. The maximum atomic E-state index is 9.59. The van der Waals surface area contributed by atoms with Gasteiger partial charge in [-0.2, -0.15) is 0 Å². The number of hydrogen-bond acceptors (Lipinski definition) is 5. The van der Waals surface area contributed by atoms with E-state index in [1.807, 2.05) is 6.20 Å². The molecule has 0 radical (unpaired) electrons. The van der Waals surface area contributed by atoms with E-state index in [0.717, 1.165) is 56.0 Å². The third kappa shape index (κ3) is 2.65. The first kappa shape index (κ1) is 13.8. The van der Waals surface area contributed by atoms with E-state index >= 15 is 0 Å². The van der Waals surface area contributed by atoms with Crippen LogP contribution in [0.4, 0.5) is 5.95 Å². The minimum atomic E-state index is -0.170. The van der Waals surface area contributed by atoms with Gasteiger partial charge in [0, 0.05) is 30.9 Å². The van der Waals surface area contributed by atoms with Crippen molar-refractivity contribution in [2.75, 3.05) is 18.0 Å². The minimum Gasteiger partial charge on any atom is -0.393 e. The lowest BCUT2D eigenvalue weighted by Gasteiger charge is -2.35. The average molecular weight is 276 g/mol. The summed E-state index contributed by atoms with van der Waals surface area (Å²) in [6.45, 7) is 6.15. The zero-order chi connectivity index (χ0) is 14.3. The van der Waals surface area contributed by atoms with Crippen LogP contribution < -0.4 is 10.6 Å². The van der Waals surface area contributed by atoms with E-state index in [0.29, 0.717) is 0 Å². The Labute approximate surface area is 120 Å². The van der Waals surface area contributed by atoms with Crippen LogP contribution >= 0.6 is 0 Å². The third-order valence-electron chi connectivity index (χ3n) is 4.45. The van der Waals surface area contributed by atoms with Crippen LogP contribution in [0.25, 0.3) is 0 Å². The van der Waals surface area contributed by atoms with Crippen LogP contribution in [0.5, 0.6) is 0 Å². The van der Waals surface area contributed by atoms with Crippen LogP contribution in [-0.2, 0) is 6.42 Å². The van der Waals surface area contributed by atoms with E-state index in [-0.39, 0.29) is 17.6 Å². The quantitative estimate of drug-likeness (QED) is 0.811. The Kier molecular flexibility index (Phi) is 3.42. The van der Waals surface area contributed by atoms with Gasteiger partial charge in [-0.15, -0.1) is 0 Å². The number of nitrogens with zero attached hydrogens (tertiary/aromatic N) is 3. The summed E-state index contributed by atoms with van der Waals surface area (Å²) in [4.78, 5) is 11.4. The summed E-state index contributed by atoms with van der Waals surface area (Å²) in [6.07, 6.45) is 5.27. The van der Waals surface area contributed by atoms with Crippen LogP contribution in [-0.4, -0.2) is 34.3 Å². The first-order valence-electron chi connectivity index (χ1n) is 7.49. The van der Waals surface area contributed by atoms with Gasteiger partial charge >= 0.3 is 0 Å². The van der Waals surface area contributed by atoms with Crippen molar-refractivity contribution < 1.29 is 5.11 Å². The summed E-state index contributed by atoms with van der Waals surface area (Å²) >= 11 is 0. The predicted octanol–water partition coefficient (Wildman–Crippen LogP) is 1.41. The highest BCUT2D eigenvalue weighted by atomic mass is 16.3. The number of anilines is 1. The normalized spacial score (nSPS) is 26.4. The van der Waals surface area contributed by atoms with Gasteiger partial charge in [-0.3, -0.25) is 0 Å². The number of fused-ring (bicyclic) bond motifs is 1. The summed E-state index contributed by atoms with van der Waals surface area (Å²) in [6, 6.07) is 0.0472. The van der Waals surface area contributed by atoms with Gasteiger partial charge in [-0.1, -0.05) is 13.8 Å². The minimum absolute atomic E-state index is 0.0472. The first-order chi connectivity index (χ1) is 9.44. The van der Waals surface area contributed by atoms with E-state index in [2.05, 4.69) is 23.7 Å². The molecule has 5 heteroatoms. The van der Waals surface area contributed by atoms with Gasteiger partial charge in [0.25, 0.3) is 0 Å². The van der Waals surface area contributed by atoms with Crippen molar-refractivity contribution in [2.45, 2.75) is 51.7 Å².